The Kier molecular flexibility index (Phi) is 18.2. The first-order valence-corrected chi connectivity index (χ1v) is 7.52. The van der Waals surface area contributed by atoms with Crippen LogP contribution in [0.2, 0.25) is 0 Å². The molecule has 20 heavy (non-hydrogen) atoms. The van der Waals surface area contributed by atoms with Gasteiger partial charge in [0.05, 0.1) is 13.0 Å². The van der Waals surface area contributed by atoms with Gasteiger partial charge in [-0.3, -0.25) is 4.79 Å². The van der Waals surface area contributed by atoms with Crippen molar-refractivity contribution in [3.8, 4) is 0 Å². The largest absolute Gasteiger partial charge is 2.00 e. The maximum absolute atomic E-state index is 11.1. The molecule has 112 valence electrons. The van der Waals surface area contributed by atoms with Crippen LogP contribution in [-0.2, 0) is 33.8 Å². The predicted octanol–water partition coefficient (Wildman–Crippen LogP) is 2.59. The fraction of sp³-hybridized carbons (Fsp3) is 0.867. The molecule has 0 fully saturated rings. The molecule has 0 aliphatic heterocycles. The zero-order valence-electron chi connectivity index (χ0n) is 12.8. The predicted molar refractivity (Wildman–Crippen MR) is 72.4 cm³/mol. The van der Waals surface area contributed by atoms with Crippen molar-refractivity contribution in [1.82, 2.24) is 0 Å². The Morgan fingerprint density at radius 2 is 1.35 bits per heavy atom. The summed E-state index contributed by atoms with van der Waals surface area (Å²) in [5.41, 5.74) is 0. The quantitative estimate of drug-likeness (QED) is 0.294. The van der Waals surface area contributed by atoms with Crippen LogP contribution in [0.5, 0.6) is 0 Å². The van der Waals surface area contributed by atoms with Gasteiger partial charge in [0, 0.05) is 5.97 Å². The van der Waals surface area contributed by atoms with Crippen LogP contribution in [0.25, 0.3) is 0 Å². The molecule has 0 N–H and O–H groups in total. The molecular weight excluding hydrogens is 310 g/mol. The number of hydrogen-bond acceptors (Lipinski definition) is 4. The molecule has 0 saturated carbocycles. The van der Waals surface area contributed by atoms with Crippen molar-refractivity contribution in [3.05, 3.63) is 0 Å². The van der Waals surface area contributed by atoms with E-state index in [1.165, 1.54) is 44.9 Å². The van der Waals surface area contributed by atoms with Gasteiger partial charge in [-0.25, -0.2) is 0 Å². The van der Waals surface area contributed by atoms with Crippen molar-refractivity contribution >= 4 is 11.9 Å². The number of hydrogen-bond donors (Lipinski definition) is 0. The van der Waals surface area contributed by atoms with Crippen molar-refractivity contribution in [1.29, 1.82) is 0 Å². The summed E-state index contributed by atoms with van der Waals surface area (Å²) in [6.45, 7) is 2.62. The van der Waals surface area contributed by atoms with Gasteiger partial charge in [-0.2, -0.15) is 0 Å². The first kappa shape index (κ1) is 21.9. The van der Waals surface area contributed by atoms with Gasteiger partial charge in [-0.15, -0.1) is 0 Å². The van der Waals surface area contributed by atoms with E-state index in [1.807, 2.05) is 0 Å². The summed E-state index contributed by atoms with van der Waals surface area (Å²) in [7, 11) is 0. The van der Waals surface area contributed by atoms with Crippen LogP contribution >= 0.6 is 0 Å². The van der Waals surface area contributed by atoms with E-state index < -0.39 is 11.9 Å². The number of carbonyl (C=O) groups is 2. The van der Waals surface area contributed by atoms with Gasteiger partial charge in [0.25, 0.3) is 0 Å². The molecule has 0 heterocycles. The minimum Gasteiger partial charge on any atom is -0.550 e. The van der Waals surface area contributed by atoms with Crippen LogP contribution < -0.4 is 5.11 Å². The zero-order chi connectivity index (χ0) is 14.3. The second kappa shape index (κ2) is 16.6. The monoisotopic (exact) mass is 335 g/mol. The molecule has 0 atom stereocenters. The van der Waals surface area contributed by atoms with Crippen molar-refractivity contribution < 1.29 is 38.9 Å². The Balaban J connectivity index is 0. The molecular formula is C15H27O4Zn+. The SMILES string of the molecule is CCCCCCCCCCCOC(=O)CCC(=O)[O-].[Zn+2]. The number of unbranched alkanes of at least 4 members (excludes halogenated alkanes) is 8. The average Bonchev–Trinajstić information content (AvgIpc) is 2.38. The molecule has 0 aromatic carbocycles. The summed E-state index contributed by atoms with van der Waals surface area (Å²) >= 11 is 0. The third-order valence-electron chi connectivity index (χ3n) is 3.04. The number of carbonyl (C=O) groups excluding carboxylic acids is 2. The van der Waals surface area contributed by atoms with Crippen LogP contribution in [0.1, 0.15) is 77.6 Å². The number of aliphatic carboxylic acids is 1. The standard InChI is InChI=1S/C15H28O4.Zn/c1-2-3-4-5-6-7-8-9-10-13-19-15(18)12-11-14(16)17;/h2-13H2,1H3,(H,16,17);/q;+2/p-1. The molecule has 0 saturated heterocycles. The normalized spacial score (nSPS) is 9.85. The number of rotatable bonds is 13. The number of esters is 1. The second-order valence-electron chi connectivity index (χ2n) is 4.92. The summed E-state index contributed by atoms with van der Waals surface area (Å²) in [5, 5.41) is 10.1. The summed E-state index contributed by atoms with van der Waals surface area (Å²) in [4.78, 5) is 21.2. The molecule has 4 nitrogen and oxygen atoms in total. The van der Waals surface area contributed by atoms with Gasteiger partial charge in [-0.05, 0) is 12.8 Å². The molecule has 0 unspecified atom stereocenters. The maximum Gasteiger partial charge on any atom is 2.00 e. The van der Waals surface area contributed by atoms with E-state index >= 15 is 0 Å². The molecule has 0 aliphatic carbocycles. The Morgan fingerprint density at radius 3 is 1.85 bits per heavy atom. The molecule has 0 amide bonds. The van der Waals surface area contributed by atoms with E-state index in [4.69, 9.17) is 4.74 Å². The van der Waals surface area contributed by atoms with Gasteiger partial charge >= 0.3 is 25.4 Å². The zero-order valence-corrected chi connectivity index (χ0v) is 15.8. The number of carboxylic acid groups (broad SMARTS) is 1. The van der Waals surface area contributed by atoms with Crippen LogP contribution in [0, 0.1) is 0 Å². The average molecular weight is 337 g/mol. The molecule has 0 rings (SSSR count). The van der Waals surface area contributed by atoms with Crippen LogP contribution in [0.4, 0.5) is 0 Å². The van der Waals surface area contributed by atoms with Gasteiger partial charge in [-0.1, -0.05) is 58.3 Å². The Morgan fingerprint density at radius 1 is 0.850 bits per heavy atom. The van der Waals surface area contributed by atoms with Gasteiger partial charge in [0.15, 0.2) is 0 Å². The summed E-state index contributed by atoms with van der Waals surface area (Å²) in [5.74, 6) is -1.65. The Bertz CT molecular complexity index is 244. The molecule has 0 aromatic rings. The topological polar surface area (TPSA) is 66.4 Å². The molecule has 5 heteroatoms. The Hall–Kier alpha value is -0.437. The maximum atomic E-state index is 11.1. The minimum absolute atomic E-state index is 0. The van der Waals surface area contributed by atoms with E-state index in [2.05, 4.69) is 6.92 Å². The van der Waals surface area contributed by atoms with Gasteiger partial charge in [0.1, 0.15) is 0 Å². The molecule has 0 aromatic heterocycles. The van der Waals surface area contributed by atoms with Crippen molar-refractivity contribution in [2.45, 2.75) is 77.6 Å². The number of carboxylic acids is 1. The van der Waals surface area contributed by atoms with E-state index in [-0.39, 0.29) is 32.3 Å². The van der Waals surface area contributed by atoms with Crippen LogP contribution in [0.15, 0.2) is 0 Å². The van der Waals surface area contributed by atoms with E-state index in [0.717, 1.165) is 12.8 Å². The number of ether oxygens (including phenoxy) is 1. The van der Waals surface area contributed by atoms with E-state index in [9.17, 15) is 14.7 Å². The van der Waals surface area contributed by atoms with Crippen molar-refractivity contribution in [3.63, 3.8) is 0 Å². The Labute approximate surface area is 135 Å². The van der Waals surface area contributed by atoms with Crippen LogP contribution in [-0.4, -0.2) is 18.5 Å². The first-order valence-electron chi connectivity index (χ1n) is 7.52. The molecule has 0 spiro atoms. The van der Waals surface area contributed by atoms with Crippen LogP contribution in [0.3, 0.4) is 0 Å². The minimum atomic E-state index is -1.21. The summed E-state index contributed by atoms with van der Waals surface area (Å²) in [6, 6.07) is 0. The van der Waals surface area contributed by atoms with Crippen molar-refractivity contribution in [2.24, 2.45) is 0 Å². The van der Waals surface area contributed by atoms with E-state index in [1.54, 1.807) is 0 Å². The smallest absolute Gasteiger partial charge is 0.550 e. The first-order chi connectivity index (χ1) is 9.16. The van der Waals surface area contributed by atoms with Gasteiger partial charge in [0.2, 0.25) is 0 Å². The third kappa shape index (κ3) is 17.6. The fourth-order valence-corrected chi connectivity index (χ4v) is 1.88. The second-order valence-corrected chi connectivity index (χ2v) is 4.92. The van der Waals surface area contributed by atoms with Gasteiger partial charge < -0.3 is 14.6 Å². The molecule has 0 aliphatic rings. The summed E-state index contributed by atoms with van der Waals surface area (Å²) in [6.07, 6.45) is 10.6. The molecule has 0 bridgehead atoms. The third-order valence-corrected chi connectivity index (χ3v) is 3.04. The molecule has 0 radical (unpaired) electrons. The van der Waals surface area contributed by atoms with Crippen molar-refractivity contribution in [2.75, 3.05) is 6.61 Å². The summed E-state index contributed by atoms with van der Waals surface area (Å²) < 4.78 is 4.92. The fourth-order valence-electron chi connectivity index (χ4n) is 1.88. The van der Waals surface area contributed by atoms with E-state index in [0.29, 0.717) is 6.61 Å².